The van der Waals surface area contributed by atoms with Crippen molar-refractivity contribution >= 4 is 5.91 Å². The number of nitrogens with one attached hydrogen (secondary N) is 2. The van der Waals surface area contributed by atoms with Crippen molar-refractivity contribution in [2.75, 3.05) is 13.2 Å². The topological polar surface area (TPSA) is 50.4 Å². The third-order valence-corrected chi connectivity index (χ3v) is 3.37. The maximum absolute atomic E-state index is 11.5. The fourth-order valence-electron chi connectivity index (χ4n) is 2.04. The highest BCUT2D eigenvalue weighted by Crippen LogP contribution is 2.18. The van der Waals surface area contributed by atoms with Crippen LogP contribution < -0.4 is 10.6 Å². The predicted molar refractivity (Wildman–Crippen MR) is 79.3 cm³/mol. The van der Waals surface area contributed by atoms with Crippen molar-refractivity contribution in [2.24, 2.45) is 0 Å². The Hall–Kier alpha value is -1.39. The molecule has 1 aliphatic carbocycles. The van der Waals surface area contributed by atoms with Crippen LogP contribution in [0.2, 0.25) is 0 Å². The molecule has 1 saturated carbocycles. The van der Waals surface area contributed by atoms with Crippen molar-refractivity contribution in [3.63, 3.8) is 0 Å². The zero-order valence-electron chi connectivity index (χ0n) is 12.2. The Morgan fingerprint density at radius 2 is 2.05 bits per heavy atom. The monoisotopic (exact) mass is 276 g/mol. The summed E-state index contributed by atoms with van der Waals surface area (Å²) in [6, 6.07) is 8.71. The minimum atomic E-state index is 0.155. The molecule has 4 nitrogen and oxygen atoms in total. The van der Waals surface area contributed by atoms with Crippen LogP contribution in [0.25, 0.3) is 0 Å². The van der Waals surface area contributed by atoms with E-state index in [1.54, 1.807) is 0 Å². The van der Waals surface area contributed by atoms with Crippen LogP contribution in [-0.4, -0.2) is 25.1 Å². The Bertz CT molecular complexity index is 430. The van der Waals surface area contributed by atoms with Gasteiger partial charge >= 0.3 is 0 Å². The summed E-state index contributed by atoms with van der Waals surface area (Å²) >= 11 is 0. The Morgan fingerprint density at radius 3 is 2.75 bits per heavy atom. The van der Waals surface area contributed by atoms with E-state index in [9.17, 15) is 4.79 Å². The Balaban J connectivity index is 1.68. The fourth-order valence-corrected chi connectivity index (χ4v) is 2.04. The van der Waals surface area contributed by atoms with Crippen molar-refractivity contribution in [1.29, 1.82) is 0 Å². The van der Waals surface area contributed by atoms with Crippen LogP contribution in [0.3, 0.4) is 0 Å². The lowest BCUT2D eigenvalue weighted by atomic mass is 10.1. The molecular weight excluding hydrogens is 252 g/mol. The van der Waals surface area contributed by atoms with Gasteiger partial charge in [0.1, 0.15) is 0 Å². The van der Waals surface area contributed by atoms with Crippen molar-refractivity contribution in [3.8, 4) is 0 Å². The molecule has 0 radical (unpaired) electrons. The molecule has 1 amide bonds. The number of carbonyl (C=O) groups excluding carboxylic acids is 1. The molecule has 110 valence electrons. The van der Waals surface area contributed by atoms with Crippen LogP contribution in [-0.2, 0) is 22.7 Å². The van der Waals surface area contributed by atoms with E-state index in [0.717, 1.165) is 26.0 Å². The molecule has 20 heavy (non-hydrogen) atoms. The number of rotatable bonds is 9. The summed E-state index contributed by atoms with van der Waals surface area (Å²) < 4.78 is 5.46. The molecular formula is C16H24N2O2. The summed E-state index contributed by atoms with van der Waals surface area (Å²) in [7, 11) is 0. The molecule has 4 heteroatoms. The van der Waals surface area contributed by atoms with E-state index in [2.05, 4.69) is 22.8 Å². The molecule has 1 aromatic rings. The van der Waals surface area contributed by atoms with Crippen LogP contribution >= 0.6 is 0 Å². The van der Waals surface area contributed by atoms with Crippen LogP contribution in [0.15, 0.2) is 24.3 Å². The largest absolute Gasteiger partial charge is 0.377 e. The van der Waals surface area contributed by atoms with Crippen LogP contribution in [0.5, 0.6) is 0 Å². The standard InChI is InChI=1S/C16H24N2O2/c1-2-20-12-14-6-4-3-5-13(14)11-17-10-9-16(19)18-15-7-8-15/h3-6,15,17H,2,7-12H2,1H3,(H,18,19). The van der Waals surface area contributed by atoms with Crippen LogP contribution in [0.1, 0.15) is 37.3 Å². The summed E-state index contributed by atoms with van der Waals surface area (Å²) in [6.07, 6.45) is 2.83. The van der Waals surface area contributed by atoms with Gasteiger partial charge in [0.05, 0.1) is 6.61 Å². The van der Waals surface area contributed by atoms with Gasteiger partial charge in [-0.1, -0.05) is 24.3 Å². The summed E-state index contributed by atoms with van der Waals surface area (Å²) in [4.78, 5) is 11.5. The first-order valence-corrected chi connectivity index (χ1v) is 7.44. The highest BCUT2D eigenvalue weighted by Gasteiger charge is 2.22. The van der Waals surface area contributed by atoms with Crippen molar-refractivity contribution in [3.05, 3.63) is 35.4 Å². The van der Waals surface area contributed by atoms with Gasteiger partial charge in [0.25, 0.3) is 0 Å². The average molecular weight is 276 g/mol. The quantitative estimate of drug-likeness (QED) is 0.678. The summed E-state index contributed by atoms with van der Waals surface area (Å²) in [5, 5.41) is 6.32. The molecule has 0 heterocycles. The molecule has 0 spiro atoms. The molecule has 2 N–H and O–H groups in total. The second-order valence-electron chi connectivity index (χ2n) is 5.17. The molecule has 2 rings (SSSR count). The van der Waals surface area contributed by atoms with Gasteiger partial charge in [-0.15, -0.1) is 0 Å². The first-order chi connectivity index (χ1) is 9.79. The number of hydrogen-bond acceptors (Lipinski definition) is 3. The van der Waals surface area contributed by atoms with Gasteiger partial charge in [0.15, 0.2) is 0 Å². The van der Waals surface area contributed by atoms with Gasteiger partial charge in [-0.2, -0.15) is 0 Å². The molecule has 0 aliphatic heterocycles. The maximum atomic E-state index is 11.5. The normalized spacial score (nSPS) is 14.2. The lowest BCUT2D eigenvalue weighted by molar-refractivity contribution is -0.121. The third kappa shape index (κ3) is 5.31. The SMILES string of the molecule is CCOCc1ccccc1CNCCC(=O)NC1CC1. The number of ether oxygens (including phenoxy) is 1. The molecule has 0 bridgehead atoms. The fraction of sp³-hybridized carbons (Fsp3) is 0.562. The predicted octanol–water partition coefficient (Wildman–Crippen LogP) is 1.98. The highest BCUT2D eigenvalue weighted by molar-refractivity contribution is 5.76. The van der Waals surface area contributed by atoms with Crippen LogP contribution in [0.4, 0.5) is 0 Å². The molecule has 0 atom stereocenters. The lowest BCUT2D eigenvalue weighted by Crippen LogP contribution is -2.29. The van der Waals surface area contributed by atoms with E-state index in [1.165, 1.54) is 11.1 Å². The van der Waals surface area contributed by atoms with Gasteiger partial charge < -0.3 is 15.4 Å². The van der Waals surface area contributed by atoms with E-state index in [0.29, 0.717) is 25.6 Å². The second-order valence-corrected chi connectivity index (χ2v) is 5.17. The molecule has 1 aliphatic rings. The highest BCUT2D eigenvalue weighted by atomic mass is 16.5. The average Bonchev–Trinajstić information content (AvgIpc) is 3.26. The Labute approximate surface area is 120 Å². The smallest absolute Gasteiger partial charge is 0.221 e. The molecule has 0 saturated heterocycles. The minimum absolute atomic E-state index is 0.155. The number of carbonyl (C=O) groups is 1. The Morgan fingerprint density at radius 1 is 1.30 bits per heavy atom. The summed E-state index contributed by atoms with van der Waals surface area (Å²) in [6.45, 7) is 4.86. The molecule has 0 unspecified atom stereocenters. The van der Waals surface area contributed by atoms with E-state index in [4.69, 9.17) is 4.74 Å². The zero-order valence-corrected chi connectivity index (χ0v) is 12.2. The van der Waals surface area contributed by atoms with Crippen molar-refractivity contribution in [2.45, 2.75) is 45.4 Å². The maximum Gasteiger partial charge on any atom is 0.221 e. The lowest BCUT2D eigenvalue weighted by Gasteiger charge is -2.10. The van der Waals surface area contributed by atoms with Crippen LogP contribution in [0, 0.1) is 0 Å². The first kappa shape index (κ1) is 15.0. The molecule has 1 aromatic carbocycles. The third-order valence-electron chi connectivity index (χ3n) is 3.37. The minimum Gasteiger partial charge on any atom is -0.377 e. The van der Waals surface area contributed by atoms with E-state index in [1.807, 2.05) is 19.1 Å². The van der Waals surface area contributed by atoms with E-state index >= 15 is 0 Å². The molecule has 0 aromatic heterocycles. The van der Waals surface area contributed by atoms with E-state index in [-0.39, 0.29) is 5.91 Å². The van der Waals surface area contributed by atoms with E-state index < -0.39 is 0 Å². The summed E-state index contributed by atoms with van der Waals surface area (Å²) in [5.74, 6) is 0.155. The van der Waals surface area contributed by atoms with Gasteiger partial charge in [-0.3, -0.25) is 4.79 Å². The van der Waals surface area contributed by atoms with Gasteiger partial charge in [0.2, 0.25) is 5.91 Å². The van der Waals surface area contributed by atoms with Crippen molar-refractivity contribution in [1.82, 2.24) is 10.6 Å². The first-order valence-electron chi connectivity index (χ1n) is 7.44. The number of hydrogen-bond donors (Lipinski definition) is 2. The summed E-state index contributed by atoms with van der Waals surface area (Å²) in [5.41, 5.74) is 2.45. The van der Waals surface area contributed by atoms with Crippen molar-refractivity contribution < 1.29 is 9.53 Å². The Kier molecular flexibility index (Phi) is 6.02. The van der Waals surface area contributed by atoms with Gasteiger partial charge in [-0.25, -0.2) is 0 Å². The molecule has 1 fully saturated rings. The second kappa shape index (κ2) is 8.02. The number of amides is 1. The number of benzene rings is 1. The van der Waals surface area contributed by atoms with Gasteiger partial charge in [-0.05, 0) is 30.9 Å². The van der Waals surface area contributed by atoms with Gasteiger partial charge in [0, 0.05) is 32.2 Å². The zero-order chi connectivity index (χ0) is 14.2.